The summed E-state index contributed by atoms with van der Waals surface area (Å²) >= 11 is 0. The molecule has 0 saturated carbocycles. The Kier molecular flexibility index (Phi) is 1.73. The lowest BCUT2D eigenvalue weighted by Crippen LogP contribution is -2.33. The van der Waals surface area contributed by atoms with Gasteiger partial charge >= 0.3 is 11.6 Å². The third-order valence-corrected chi connectivity index (χ3v) is 1.17. The molecule has 7 nitrogen and oxygen atoms in total. The Labute approximate surface area is 61.3 Å². The lowest BCUT2D eigenvalue weighted by molar-refractivity contribution is -0.806. The summed E-state index contributed by atoms with van der Waals surface area (Å²) < 4.78 is 4.11. The van der Waals surface area contributed by atoms with Crippen LogP contribution in [0, 0.1) is 12.1 Å². The molecule has 3 N–H and O–H groups in total. The van der Waals surface area contributed by atoms with Gasteiger partial charge in [0.15, 0.2) is 0 Å². The average Bonchev–Trinajstić information content (AvgIpc) is 2.32. The van der Waals surface area contributed by atoms with Crippen molar-refractivity contribution in [3.05, 3.63) is 16.6 Å². The van der Waals surface area contributed by atoms with E-state index in [4.69, 9.17) is 5.84 Å². The number of carbonyl (C=O) groups excluding carboxylic acids is 1. The average molecular weight is 158 g/mol. The molecule has 0 aliphatic rings. The Morgan fingerprint density at radius 3 is 2.91 bits per heavy atom. The number of carbonyl (C=O) groups is 1. The highest BCUT2D eigenvalue weighted by Gasteiger charge is 2.21. The van der Waals surface area contributed by atoms with Crippen LogP contribution in [0.2, 0.25) is 0 Å². The van der Waals surface area contributed by atoms with Gasteiger partial charge in [-0.3, -0.25) is 14.8 Å². The number of hydrogen-bond donors (Lipinski definition) is 2. The summed E-state index contributed by atoms with van der Waals surface area (Å²) in [5, 5.41) is 13.7. The first kappa shape index (κ1) is 7.48. The smallest absolute Gasteiger partial charge is 0.316 e. The van der Waals surface area contributed by atoms with E-state index in [0.717, 1.165) is 0 Å². The molecule has 11 heavy (non-hydrogen) atoms. The molecule has 1 amide bonds. The first-order chi connectivity index (χ1) is 5.16. The highest BCUT2D eigenvalue weighted by Crippen LogP contribution is 1.96. The van der Waals surface area contributed by atoms with Gasteiger partial charge < -0.3 is 5.21 Å². The number of aromatic nitrogens is 2. The van der Waals surface area contributed by atoms with Gasteiger partial charge in [-0.1, -0.05) is 0 Å². The van der Waals surface area contributed by atoms with Gasteiger partial charge in [0.1, 0.15) is 0 Å². The van der Waals surface area contributed by atoms with E-state index in [1.54, 1.807) is 0 Å². The zero-order valence-corrected chi connectivity index (χ0v) is 5.70. The van der Waals surface area contributed by atoms with Crippen LogP contribution in [0.3, 0.4) is 0 Å². The summed E-state index contributed by atoms with van der Waals surface area (Å²) in [6.07, 6.45) is 0. The molecule has 1 rings (SSSR count). The van der Waals surface area contributed by atoms with E-state index in [2.05, 4.69) is 9.79 Å². The molecule has 0 aliphatic heterocycles. The van der Waals surface area contributed by atoms with Crippen LogP contribution in [0.25, 0.3) is 0 Å². The molecule has 1 aromatic rings. The standard InChI is InChI=1S/C4H6N4O3/c1-2-3(4(9)6-5)7-11-8(2)10/h5H2,1H3,(H,6,9). The van der Waals surface area contributed by atoms with Crippen molar-refractivity contribution in [1.82, 2.24) is 10.6 Å². The summed E-state index contributed by atoms with van der Waals surface area (Å²) in [4.78, 5) is 10.9. The molecule has 0 saturated heterocycles. The summed E-state index contributed by atoms with van der Waals surface area (Å²) in [5.41, 5.74) is 1.79. The van der Waals surface area contributed by atoms with Crippen LogP contribution >= 0.6 is 0 Å². The number of nitrogens with zero attached hydrogens (tertiary/aromatic N) is 2. The van der Waals surface area contributed by atoms with Gasteiger partial charge in [0, 0.05) is 6.92 Å². The molecule has 0 atom stereocenters. The van der Waals surface area contributed by atoms with Gasteiger partial charge in [0.2, 0.25) is 5.69 Å². The fourth-order valence-electron chi connectivity index (χ4n) is 0.566. The maximum absolute atomic E-state index is 10.7. The quantitative estimate of drug-likeness (QED) is 0.217. The van der Waals surface area contributed by atoms with Gasteiger partial charge in [0.25, 0.3) is 0 Å². The van der Waals surface area contributed by atoms with Crippen LogP contribution < -0.4 is 16.2 Å². The van der Waals surface area contributed by atoms with Crippen molar-refractivity contribution < 1.29 is 14.3 Å². The van der Waals surface area contributed by atoms with E-state index in [9.17, 15) is 10.0 Å². The Bertz CT molecular complexity index is 281. The summed E-state index contributed by atoms with van der Waals surface area (Å²) in [5.74, 6) is 4.14. The predicted molar refractivity (Wildman–Crippen MR) is 31.9 cm³/mol. The fraction of sp³-hybridized carbons (Fsp3) is 0.250. The molecule has 1 heterocycles. The molecular formula is C4H6N4O3. The maximum atomic E-state index is 10.7. The number of hydrazine groups is 1. The molecule has 0 unspecified atom stereocenters. The van der Waals surface area contributed by atoms with Crippen LogP contribution in [0.1, 0.15) is 16.2 Å². The highest BCUT2D eigenvalue weighted by molar-refractivity contribution is 5.92. The fourth-order valence-corrected chi connectivity index (χ4v) is 0.566. The number of nitrogens with two attached hydrogens (primary N) is 1. The number of rotatable bonds is 1. The predicted octanol–water partition coefficient (Wildman–Crippen LogP) is -1.78. The molecule has 1 aromatic heterocycles. The second-order valence-corrected chi connectivity index (χ2v) is 1.84. The zero-order chi connectivity index (χ0) is 8.43. The van der Waals surface area contributed by atoms with E-state index in [-0.39, 0.29) is 16.3 Å². The minimum Gasteiger partial charge on any atom is -0.359 e. The largest absolute Gasteiger partial charge is 0.359 e. The van der Waals surface area contributed by atoms with Gasteiger partial charge in [0.05, 0.1) is 5.16 Å². The van der Waals surface area contributed by atoms with E-state index >= 15 is 0 Å². The molecule has 0 bridgehead atoms. The molecular weight excluding hydrogens is 152 g/mol. The van der Waals surface area contributed by atoms with E-state index in [1.165, 1.54) is 6.92 Å². The van der Waals surface area contributed by atoms with E-state index in [1.807, 2.05) is 5.43 Å². The second-order valence-electron chi connectivity index (χ2n) is 1.84. The van der Waals surface area contributed by atoms with Gasteiger partial charge in [-0.15, -0.1) is 0 Å². The van der Waals surface area contributed by atoms with Crippen LogP contribution in [0.4, 0.5) is 0 Å². The molecule has 0 aromatic carbocycles. The number of amides is 1. The van der Waals surface area contributed by atoms with Crippen LogP contribution in [-0.2, 0) is 0 Å². The monoisotopic (exact) mass is 158 g/mol. The Morgan fingerprint density at radius 2 is 2.55 bits per heavy atom. The van der Waals surface area contributed by atoms with Crippen molar-refractivity contribution in [2.45, 2.75) is 6.92 Å². The van der Waals surface area contributed by atoms with Gasteiger partial charge in [-0.2, -0.15) is 0 Å². The number of hydrogen-bond acceptors (Lipinski definition) is 5. The molecule has 0 radical (unpaired) electrons. The Balaban J connectivity index is 3.04. The highest BCUT2D eigenvalue weighted by atomic mass is 16.8. The minimum absolute atomic E-state index is 0.0768. The molecule has 0 fully saturated rings. The first-order valence-electron chi connectivity index (χ1n) is 2.74. The van der Waals surface area contributed by atoms with Crippen molar-refractivity contribution in [1.29, 1.82) is 0 Å². The summed E-state index contributed by atoms with van der Waals surface area (Å²) in [7, 11) is 0. The number of nitrogen functional groups attached to an aromatic ring is 1. The van der Waals surface area contributed by atoms with Gasteiger partial charge in [-0.05, 0) is 4.90 Å². The van der Waals surface area contributed by atoms with Crippen molar-refractivity contribution in [3.63, 3.8) is 0 Å². The van der Waals surface area contributed by atoms with E-state index < -0.39 is 5.91 Å². The van der Waals surface area contributed by atoms with Crippen molar-refractivity contribution in [2.75, 3.05) is 0 Å². The van der Waals surface area contributed by atoms with Crippen LogP contribution in [-0.4, -0.2) is 11.1 Å². The Hall–Kier alpha value is -1.63. The number of nitrogens with one attached hydrogen (secondary N) is 1. The third-order valence-electron chi connectivity index (χ3n) is 1.17. The molecule has 60 valence electrons. The van der Waals surface area contributed by atoms with Crippen LogP contribution in [0.5, 0.6) is 0 Å². The maximum Gasteiger partial charge on any atom is 0.316 e. The normalized spacial score (nSPS) is 9.64. The third kappa shape index (κ3) is 1.13. The zero-order valence-electron chi connectivity index (χ0n) is 5.70. The topological polar surface area (TPSA) is 108 Å². The second kappa shape index (κ2) is 2.54. The van der Waals surface area contributed by atoms with Crippen molar-refractivity contribution in [2.24, 2.45) is 5.84 Å². The minimum atomic E-state index is -0.652. The van der Waals surface area contributed by atoms with Gasteiger partial charge in [-0.25, -0.2) is 5.84 Å². The SMILES string of the molecule is Cc1c(C(=O)NN)no[n+]1[O-]. The molecule has 7 heteroatoms. The van der Waals surface area contributed by atoms with Crippen molar-refractivity contribution >= 4 is 5.91 Å². The molecule has 0 aliphatic carbocycles. The van der Waals surface area contributed by atoms with Crippen molar-refractivity contribution in [3.8, 4) is 0 Å². The van der Waals surface area contributed by atoms with E-state index in [0.29, 0.717) is 0 Å². The van der Waals surface area contributed by atoms with Crippen LogP contribution in [0.15, 0.2) is 4.63 Å². The lowest BCUT2D eigenvalue weighted by atomic mass is 10.3. The summed E-state index contributed by atoms with van der Waals surface area (Å²) in [6.45, 7) is 1.40. The lowest BCUT2D eigenvalue weighted by Gasteiger charge is -1.88. The molecule has 0 spiro atoms. The first-order valence-corrected chi connectivity index (χ1v) is 2.74. The summed E-state index contributed by atoms with van der Waals surface area (Å²) in [6, 6.07) is 0. The Morgan fingerprint density at radius 1 is 1.91 bits per heavy atom.